The van der Waals surface area contributed by atoms with E-state index in [1.807, 2.05) is 31.6 Å². The highest BCUT2D eigenvalue weighted by atomic mass is 35.5. The van der Waals surface area contributed by atoms with Gasteiger partial charge in [-0.15, -0.1) is 0 Å². The number of hydrogen-bond acceptors (Lipinski definition) is 3. The second-order valence-electron chi connectivity index (χ2n) is 4.35. The average Bonchev–Trinajstić information content (AvgIpc) is 2.93. The Morgan fingerprint density at radius 3 is 2.68 bits per heavy atom. The summed E-state index contributed by atoms with van der Waals surface area (Å²) in [6, 6.07) is 3.63. The second-order valence-corrected chi connectivity index (χ2v) is 5.10. The SMILES string of the molecule is CCn1nc(C)c(Cl)c1CC(NC)c1ccc(Cl)o1. The molecule has 104 valence electrons. The summed E-state index contributed by atoms with van der Waals surface area (Å²) in [5.41, 5.74) is 1.86. The molecule has 2 aromatic heterocycles. The minimum absolute atomic E-state index is 0.0198. The Balaban J connectivity index is 2.28. The molecule has 1 N–H and O–H groups in total. The topological polar surface area (TPSA) is 43.0 Å². The lowest BCUT2D eigenvalue weighted by atomic mass is 10.1. The van der Waals surface area contributed by atoms with Crippen molar-refractivity contribution in [1.82, 2.24) is 15.1 Å². The molecule has 0 fully saturated rings. The number of hydrogen-bond donors (Lipinski definition) is 1. The first-order valence-electron chi connectivity index (χ1n) is 6.21. The van der Waals surface area contributed by atoms with Crippen LogP contribution in [0.3, 0.4) is 0 Å². The summed E-state index contributed by atoms with van der Waals surface area (Å²) >= 11 is 12.1. The molecular formula is C13H17Cl2N3O. The Kier molecular flexibility index (Phi) is 4.55. The van der Waals surface area contributed by atoms with Gasteiger partial charge in [-0.25, -0.2) is 0 Å². The van der Waals surface area contributed by atoms with Gasteiger partial charge >= 0.3 is 0 Å². The quantitative estimate of drug-likeness (QED) is 0.917. The zero-order chi connectivity index (χ0) is 14.0. The Morgan fingerprint density at radius 2 is 2.16 bits per heavy atom. The van der Waals surface area contributed by atoms with Crippen molar-refractivity contribution in [1.29, 1.82) is 0 Å². The Hall–Kier alpha value is -0.970. The summed E-state index contributed by atoms with van der Waals surface area (Å²) in [6.07, 6.45) is 0.702. The van der Waals surface area contributed by atoms with E-state index in [0.717, 1.165) is 28.7 Å². The van der Waals surface area contributed by atoms with E-state index in [2.05, 4.69) is 10.4 Å². The summed E-state index contributed by atoms with van der Waals surface area (Å²) in [5, 5.41) is 8.74. The minimum atomic E-state index is 0.0198. The van der Waals surface area contributed by atoms with E-state index in [9.17, 15) is 0 Å². The van der Waals surface area contributed by atoms with Crippen molar-refractivity contribution in [3.8, 4) is 0 Å². The van der Waals surface area contributed by atoms with Crippen molar-refractivity contribution in [2.45, 2.75) is 32.9 Å². The van der Waals surface area contributed by atoms with Crippen molar-refractivity contribution >= 4 is 23.2 Å². The lowest BCUT2D eigenvalue weighted by Crippen LogP contribution is -2.20. The molecule has 0 aliphatic heterocycles. The zero-order valence-electron chi connectivity index (χ0n) is 11.2. The third-order valence-electron chi connectivity index (χ3n) is 3.14. The van der Waals surface area contributed by atoms with Gasteiger partial charge in [0.05, 0.1) is 22.5 Å². The molecule has 0 aliphatic carbocycles. The highest BCUT2D eigenvalue weighted by Gasteiger charge is 2.20. The van der Waals surface area contributed by atoms with Crippen molar-refractivity contribution in [3.63, 3.8) is 0 Å². The van der Waals surface area contributed by atoms with Gasteiger partial charge in [0.15, 0.2) is 5.22 Å². The predicted octanol–water partition coefficient (Wildman–Crippen LogP) is 3.61. The predicted molar refractivity (Wildman–Crippen MR) is 76.9 cm³/mol. The maximum absolute atomic E-state index is 6.32. The molecule has 0 bridgehead atoms. The number of nitrogens with zero attached hydrogens (tertiary/aromatic N) is 2. The van der Waals surface area contributed by atoms with Gasteiger partial charge in [0.1, 0.15) is 5.76 Å². The van der Waals surface area contributed by atoms with Crippen LogP contribution < -0.4 is 5.32 Å². The summed E-state index contributed by atoms with van der Waals surface area (Å²) in [5.74, 6) is 0.796. The van der Waals surface area contributed by atoms with Crippen molar-refractivity contribution < 1.29 is 4.42 Å². The first kappa shape index (κ1) is 14.4. The maximum Gasteiger partial charge on any atom is 0.193 e. The van der Waals surface area contributed by atoms with E-state index in [1.165, 1.54) is 0 Å². The summed E-state index contributed by atoms with van der Waals surface area (Å²) in [6.45, 7) is 4.75. The van der Waals surface area contributed by atoms with Crippen LogP contribution in [0, 0.1) is 6.92 Å². The first-order chi connectivity index (χ1) is 9.06. The number of aryl methyl sites for hydroxylation is 2. The number of nitrogens with one attached hydrogen (secondary N) is 1. The van der Waals surface area contributed by atoms with Gasteiger partial charge in [-0.1, -0.05) is 11.6 Å². The monoisotopic (exact) mass is 301 g/mol. The molecule has 6 heteroatoms. The molecule has 1 atom stereocenters. The highest BCUT2D eigenvalue weighted by Crippen LogP contribution is 2.27. The van der Waals surface area contributed by atoms with Crippen LogP contribution in [-0.4, -0.2) is 16.8 Å². The molecule has 2 heterocycles. The Labute approximate surface area is 122 Å². The van der Waals surface area contributed by atoms with Crippen LogP contribution in [0.4, 0.5) is 0 Å². The van der Waals surface area contributed by atoms with Crippen LogP contribution in [0.15, 0.2) is 16.5 Å². The summed E-state index contributed by atoms with van der Waals surface area (Å²) in [4.78, 5) is 0. The number of halogens is 2. The van der Waals surface area contributed by atoms with Crippen LogP contribution in [0.5, 0.6) is 0 Å². The maximum atomic E-state index is 6.32. The molecule has 0 aliphatic rings. The van der Waals surface area contributed by atoms with Crippen molar-refractivity contribution in [3.05, 3.63) is 39.5 Å². The van der Waals surface area contributed by atoms with Gasteiger partial charge in [-0.05, 0) is 44.6 Å². The molecular weight excluding hydrogens is 285 g/mol. The fourth-order valence-electron chi connectivity index (χ4n) is 2.12. The van der Waals surface area contributed by atoms with E-state index in [1.54, 1.807) is 6.07 Å². The van der Waals surface area contributed by atoms with Gasteiger partial charge in [0.25, 0.3) is 0 Å². The number of furan rings is 1. The standard InChI is InChI=1S/C13H17Cl2N3O/c1-4-18-10(13(15)8(2)17-18)7-9(16-3)11-5-6-12(14)19-11/h5-6,9,16H,4,7H2,1-3H3. The van der Waals surface area contributed by atoms with Crippen molar-refractivity contribution in [2.24, 2.45) is 0 Å². The van der Waals surface area contributed by atoms with Gasteiger partial charge < -0.3 is 9.73 Å². The van der Waals surface area contributed by atoms with Gasteiger partial charge in [0.2, 0.25) is 0 Å². The fourth-order valence-corrected chi connectivity index (χ4v) is 2.48. The molecule has 4 nitrogen and oxygen atoms in total. The molecule has 2 rings (SSSR count). The fraction of sp³-hybridized carbons (Fsp3) is 0.462. The van der Waals surface area contributed by atoms with Crippen LogP contribution >= 0.6 is 23.2 Å². The normalized spacial score (nSPS) is 12.9. The second kappa shape index (κ2) is 5.99. The molecule has 2 aromatic rings. The molecule has 0 saturated carbocycles. The largest absolute Gasteiger partial charge is 0.448 e. The average molecular weight is 302 g/mol. The molecule has 0 amide bonds. The van der Waals surface area contributed by atoms with E-state index in [4.69, 9.17) is 27.6 Å². The van der Waals surface area contributed by atoms with Gasteiger partial charge in [-0.2, -0.15) is 5.10 Å². The van der Waals surface area contributed by atoms with Crippen LogP contribution in [0.1, 0.15) is 30.1 Å². The molecule has 0 aromatic carbocycles. The Bertz CT molecular complexity index is 562. The number of likely N-dealkylation sites (N-methyl/N-ethyl adjacent to an activating group) is 1. The highest BCUT2D eigenvalue weighted by molar-refractivity contribution is 6.31. The van der Waals surface area contributed by atoms with E-state index >= 15 is 0 Å². The van der Waals surface area contributed by atoms with E-state index in [0.29, 0.717) is 11.6 Å². The number of aromatic nitrogens is 2. The molecule has 0 saturated heterocycles. The Morgan fingerprint density at radius 1 is 1.42 bits per heavy atom. The molecule has 1 unspecified atom stereocenters. The molecule has 0 radical (unpaired) electrons. The zero-order valence-corrected chi connectivity index (χ0v) is 12.7. The minimum Gasteiger partial charge on any atom is -0.448 e. The van der Waals surface area contributed by atoms with E-state index < -0.39 is 0 Å². The molecule has 0 spiro atoms. The summed E-state index contributed by atoms with van der Waals surface area (Å²) < 4.78 is 7.38. The third kappa shape index (κ3) is 2.96. The van der Waals surface area contributed by atoms with Crippen molar-refractivity contribution in [2.75, 3.05) is 7.05 Å². The van der Waals surface area contributed by atoms with Gasteiger partial charge in [-0.3, -0.25) is 4.68 Å². The van der Waals surface area contributed by atoms with Crippen LogP contribution in [-0.2, 0) is 13.0 Å². The van der Waals surface area contributed by atoms with Crippen LogP contribution in [0.2, 0.25) is 10.2 Å². The number of rotatable bonds is 5. The molecule has 19 heavy (non-hydrogen) atoms. The van der Waals surface area contributed by atoms with E-state index in [-0.39, 0.29) is 6.04 Å². The lowest BCUT2D eigenvalue weighted by molar-refractivity contribution is 0.422. The summed E-state index contributed by atoms with van der Waals surface area (Å²) in [7, 11) is 1.88. The smallest absolute Gasteiger partial charge is 0.193 e. The van der Waals surface area contributed by atoms with Gasteiger partial charge in [0, 0.05) is 13.0 Å². The lowest BCUT2D eigenvalue weighted by Gasteiger charge is -2.14. The van der Waals surface area contributed by atoms with Crippen LogP contribution in [0.25, 0.3) is 0 Å². The first-order valence-corrected chi connectivity index (χ1v) is 6.96. The third-order valence-corrected chi connectivity index (χ3v) is 3.83.